The summed E-state index contributed by atoms with van der Waals surface area (Å²) in [6, 6.07) is 8.33. The Labute approximate surface area is 193 Å². The molecule has 0 heterocycles. The zero-order valence-corrected chi connectivity index (χ0v) is 21.8. The van der Waals surface area contributed by atoms with Gasteiger partial charge in [0.1, 0.15) is 0 Å². The minimum absolute atomic E-state index is 0.0197. The molecule has 0 aliphatic carbocycles. The van der Waals surface area contributed by atoms with Crippen molar-refractivity contribution >= 4 is 10.1 Å². The van der Waals surface area contributed by atoms with Gasteiger partial charge >= 0.3 is 0 Å². The molecule has 182 valence electrons. The molecule has 0 aliphatic heterocycles. The lowest BCUT2D eigenvalue weighted by atomic mass is 9.82. The highest BCUT2D eigenvalue weighted by molar-refractivity contribution is 7.86. The second-order valence-electron chi connectivity index (χ2n) is 9.63. The van der Waals surface area contributed by atoms with E-state index in [1.54, 1.807) is 30.3 Å². The standard InChI is InChI=1S/C18H30O3S.C8H19N/c1-2-3-4-5-6-7-8-9-10-14-17-21-22(19,20)18-15-12-11-13-16-18;1-6(2)7(3)8(4,5)9/h11-13,15-16H,2-10,14,17H2,1H3;6-7H,9H2,1-5H3. The van der Waals surface area contributed by atoms with Gasteiger partial charge in [0.15, 0.2) is 0 Å². The van der Waals surface area contributed by atoms with Crippen LogP contribution in [0.2, 0.25) is 0 Å². The number of nitrogens with two attached hydrogens (primary N) is 1. The van der Waals surface area contributed by atoms with Crippen molar-refractivity contribution in [2.24, 2.45) is 17.6 Å². The molecule has 1 aromatic carbocycles. The first-order valence-corrected chi connectivity index (χ1v) is 13.7. The molecule has 31 heavy (non-hydrogen) atoms. The predicted molar refractivity (Wildman–Crippen MR) is 134 cm³/mol. The highest BCUT2D eigenvalue weighted by Gasteiger charge is 2.22. The molecule has 1 atom stereocenters. The lowest BCUT2D eigenvalue weighted by molar-refractivity contribution is 0.267. The summed E-state index contributed by atoms with van der Waals surface area (Å²) in [5.74, 6) is 1.28. The summed E-state index contributed by atoms with van der Waals surface area (Å²) in [5.41, 5.74) is 5.86. The number of rotatable bonds is 15. The number of hydrogen-bond acceptors (Lipinski definition) is 4. The molecule has 0 aliphatic rings. The molecule has 0 radical (unpaired) electrons. The Balaban J connectivity index is 0.000000842. The minimum atomic E-state index is -3.57. The second kappa shape index (κ2) is 16.7. The zero-order chi connectivity index (χ0) is 23.8. The fourth-order valence-corrected chi connectivity index (χ4v) is 4.24. The van der Waals surface area contributed by atoms with Crippen molar-refractivity contribution in [1.29, 1.82) is 0 Å². The fourth-order valence-electron chi connectivity index (χ4n) is 3.27. The summed E-state index contributed by atoms with van der Waals surface area (Å²) < 4.78 is 28.8. The average molecular weight is 456 g/mol. The van der Waals surface area contributed by atoms with E-state index in [4.69, 9.17) is 9.92 Å². The maximum absolute atomic E-state index is 11.9. The lowest BCUT2D eigenvalue weighted by Gasteiger charge is -2.30. The zero-order valence-electron chi connectivity index (χ0n) is 21.0. The van der Waals surface area contributed by atoms with Gasteiger partial charge in [-0.3, -0.25) is 4.18 Å². The summed E-state index contributed by atoms with van der Waals surface area (Å²) in [6.45, 7) is 13.3. The molecule has 0 saturated carbocycles. The highest BCUT2D eigenvalue weighted by atomic mass is 32.2. The van der Waals surface area contributed by atoms with Crippen LogP contribution in [0.1, 0.15) is 106 Å². The Kier molecular flexibility index (Phi) is 16.2. The Morgan fingerprint density at radius 1 is 0.839 bits per heavy atom. The normalized spacial score (nSPS) is 13.0. The molecule has 5 heteroatoms. The van der Waals surface area contributed by atoms with Crippen LogP contribution in [-0.4, -0.2) is 20.6 Å². The van der Waals surface area contributed by atoms with Crippen molar-refractivity contribution in [3.63, 3.8) is 0 Å². The summed E-state index contributed by atoms with van der Waals surface area (Å²) >= 11 is 0. The largest absolute Gasteiger partial charge is 0.325 e. The van der Waals surface area contributed by atoms with Crippen molar-refractivity contribution < 1.29 is 12.6 Å². The van der Waals surface area contributed by atoms with Crippen molar-refractivity contribution in [2.75, 3.05) is 6.61 Å². The van der Waals surface area contributed by atoms with Gasteiger partial charge in [-0.2, -0.15) is 8.42 Å². The van der Waals surface area contributed by atoms with E-state index in [0.717, 1.165) is 12.8 Å². The van der Waals surface area contributed by atoms with Crippen molar-refractivity contribution in [1.82, 2.24) is 0 Å². The van der Waals surface area contributed by atoms with Gasteiger partial charge in [-0.05, 0) is 44.2 Å². The van der Waals surface area contributed by atoms with E-state index in [9.17, 15) is 8.42 Å². The van der Waals surface area contributed by atoms with Crippen molar-refractivity contribution in [2.45, 2.75) is 116 Å². The fraction of sp³-hybridized carbons (Fsp3) is 0.769. The van der Waals surface area contributed by atoms with E-state index in [-0.39, 0.29) is 17.0 Å². The number of benzene rings is 1. The SMILES string of the molecule is CC(C)C(C)C(C)(C)N.CCCCCCCCCCCCOS(=O)(=O)c1ccccc1. The van der Waals surface area contributed by atoms with Crippen LogP contribution in [0.5, 0.6) is 0 Å². The maximum Gasteiger partial charge on any atom is 0.296 e. The number of hydrogen-bond donors (Lipinski definition) is 1. The molecule has 1 rings (SSSR count). The van der Waals surface area contributed by atoms with Crippen LogP contribution >= 0.6 is 0 Å². The van der Waals surface area contributed by atoms with Crippen LogP contribution in [0.3, 0.4) is 0 Å². The summed E-state index contributed by atoms with van der Waals surface area (Å²) in [4.78, 5) is 0.238. The molecule has 0 aromatic heterocycles. The minimum Gasteiger partial charge on any atom is -0.325 e. The molecule has 0 fully saturated rings. The summed E-state index contributed by atoms with van der Waals surface area (Å²) in [6.07, 6.45) is 12.3. The Morgan fingerprint density at radius 3 is 1.68 bits per heavy atom. The molecule has 0 bridgehead atoms. The molecule has 2 N–H and O–H groups in total. The number of unbranched alkanes of at least 4 members (excludes halogenated alkanes) is 9. The Hall–Kier alpha value is -0.910. The smallest absolute Gasteiger partial charge is 0.296 e. The first-order valence-electron chi connectivity index (χ1n) is 12.3. The van der Waals surface area contributed by atoms with E-state index < -0.39 is 10.1 Å². The van der Waals surface area contributed by atoms with Crippen LogP contribution in [-0.2, 0) is 14.3 Å². The topological polar surface area (TPSA) is 69.4 Å². The van der Waals surface area contributed by atoms with Gasteiger partial charge in [-0.15, -0.1) is 0 Å². The molecule has 0 amide bonds. The third-order valence-corrected chi connectivity index (χ3v) is 7.27. The average Bonchev–Trinajstić information content (AvgIpc) is 2.72. The Morgan fingerprint density at radius 2 is 1.29 bits per heavy atom. The Bertz CT molecular complexity index is 636. The second-order valence-corrected chi connectivity index (χ2v) is 11.2. The van der Waals surface area contributed by atoms with Gasteiger partial charge < -0.3 is 5.73 Å². The third-order valence-electron chi connectivity index (χ3n) is 5.94. The predicted octanol–water partition coefficient (Wildman–Crippen LogP) is 7.33. The molecular weight excluding hydrogens is 406 g/mol. The molecule has 1 unspecified atom stereocenters. The van der Waals surface area contributed by atoms with Gasteiger partial charge in [0, 0.05) is 5.54 Å². The van der Waals surface area contributed by atoms with Gasteiger partial charge in [-0.25, -0.2) is 0 Å². The van der Waals surface area contributed by atoms with Crippen molar-refractivity contribution in [3.05, 3.63) is 30.3 Å². The van der Waals surface area contributed by atoms with Gasteiger partial charge in [0.25, 0.3) is 10.1 Å². The first-order chi connectivity index (χ1) is 14.5. The van der Waals surface area contributed by atoms with Crippen LogP contribution in [0.15, 0.2) is 35.2 Å². The quantitative estimate of drug-likeness (QED) is 0.222. The van der Waals surface area contributed by atoms with Crippen LogP contribution < -0.4 is 5.73 Å². The van der Waals surface area contributed by atoms with E-state index in [0.29, 0.717) is 11.8 Å². The molecule has 0 spiro atoms. The molecule has 0 saturated heterocycles. The third kappa shape index (κ3) is 15.5. The highest BCUT2D eigenvalue weighted by Crippen LogP contribution is 2.20. The van der Waals surface area contributed by atoms with E-state index in [1.807, 2.05) is 0 Å². The van der Waals surface area contributed by atoms with E-state index in [1.165, 1.54) is 51.4 Å². The summed E-state index contributed by atoms with van der Waals surface area (Å²) in [5, 5.41) is 0. The van der Waals surface area contributed by atoms with Crippen LogP contribution in [0.25, 0.3) is 0 Å². The lowest BCUT2D eigenvalue weighted by Crippen LogP contribution is -2.41. The van der Waals surface area contributed by atoms with E-state index >= 15 is 0 Å². The van der Waals surface area contributed by atoms with E-state index in [2.05, 4.69) is 41.5 Å². The molecule has 4 nitrogen and oxygen atoms in total. The van der Waals surface area contributed by atoms with Crippen LogP contribution in [0.4, 0.5) is 0 Å². The van der Waals surface area contributed by atoms with Gasteiger partial charge in [0.2, 0.25) is 0 Å². The first kappa shape index (κ1) is 30.1. The van der Waals surface area contributed by atoms with Crippen LogP contribution in [0, 0.1) is 11.8 Å². The molecular formula is C26H49NO3S. The maximum atomic E-state index is 11.9. The monoisotopic (exact) mass is 455 g/mol. The van der Waals surface area contributed by atoms with Gasteiger partial charge in [0.05, 0.1) is 11.5 Å². The molecule has 1 aromatic rings. The van der Waals surface area contributed by atoms with Gasteiger partial charge in [-0.1, -0.05) is 104 Å². The van der Waals surface area contributed by atoms with Crippen molar-refractivity contribution in [3.8, 4) is 0 Å². The summed E-state index contributed by atoms with van der Waals surface area (Å²) in [7, 11) is -3.57.